The van der Waals surface area contributed by atoms with Crippen molar-refractivity contribution in [3.05, 3.63) is 347 Å². The second-order valence-electron chi connectivity index (χ2n) is 28.3. The van der Waals surface area contributed by atoms with Crippen LogP contribution < -0.4 is 36.6 Å². The first kappa shape index (κ1) is 88.9. The van der Waals surface area contributed by atoms with Crippen molar-refractivity contribution in [2.45, 2.75) is 97.7 Å². The number of aromatic nitrogens is 9. The number of pyridine rings is 3. The smallest absolute Gasteiger partial charge is 0.327 e. The van der Waals surface area contributed by atoms with E-state index in [9.17, 15) is 48.3 Å². The molecule has 26 heteroatoms. The van der Waals surface area contributed by atoms with E-state index in [0.29, 0.717) is 102 Å². The monoisotopic (exact) mass is 1690 g/mol. The molecule has 0 saturated heterocycles. The number of ether oxygens (including phenoxy) is 3. The number of nitrogen functional groups attached to an aromatic ring is 1. The molecule has 0 spiro atoms. The number of halogens is 3. The van der Waals surface area contributed by atoms with Gasteiger partial charge in [-0.2, -0.15) is 0 Å². The Hall–Kier alpha value is -13.9. The van der Waals surface area contributed by atoms with Crippen LogP contribution in [0.25, 0.3) is 66.5 Å². The summed E-state index contributed by atoms with van der Waals surface area (Å²) in [7, 11) is 4.41. The minimum atomic E-state index is -1.13. The van der Waals surface area contributed by atoms with Gasteiger partial charge in [0.1, 0.15) is 23.3 Å². The molecule has 6 N–H and O–H groups in total. The molecule has 0 aliphatic heterocycles. The van der Waals surface area contributed by atoms with E-state index in [1.54, 1.807) is 119 Å². The summed E-state index contributed by atoms with van der Waals surface area (Å²) in [5.41, 5.74) is 18.6. The summed E-state index contributed by atoms with van der Waals surface area (Å²) in [6.07, 6.45) is 11.3. The number of hydrogen-bond acceptors (Lipinski definition) is 16. The Bertz CT molecular complexity index is 6240. The van der Waals surface area contributed by atoms with Gasteiger partial charge in [0.05, 0.1) is 104 Å². The largest absolute Gasteiger partial charge is 0.495 e. The number of ketones is 5. The Labute approximate surface area is 717 Å². The Morgan fingerprint density at radius 2 is 0.689 bits per heavy atom. The second kappa shape index (κ2) is 41.2. The van der Waals surface area contributed by atoms with Crippen molar-refractivity contribution in [3.63, 3.8) is 0 Å². The van der Waals surface area contributed by atoms with E-state index in [0.717, 1.165) is 71.2 Å². The van der Waals surface area contributed by atoms with Crippen molar-refractivity contribution in [2.75, 3.05) is 27.1 Å². The molecule has 0 fully saturated rings. The molecule has 23 nitrogen and oxygen atoms in total. The maximum Gasteiger partial charge on any atom is 0.327 e. The molecule has 0 bridgehead atoms. The highest BCUT2D eigenvalue weighted by molar-refractivity contribution is 6.32. The van der Waals surface area contributed by atoms with Crippen molar-refractivity contribution >= 4 is 108 Å². The van der Waals surface area contributed by atoms with Gasteiger partial charge in [0.15, 0.2) is 28.9 Å². The van der Waals surface area contributed by atoms with Crippen LogP contribution in [-0.2, 0) is 46.5 Å². The minimum Gasteiger partial charge on any atom is -0.495 e. The summed E-state index contributed by atoms with van der Waals surface area (Å²) >= 11 is 18.7. The number of nitrogens with zero attached hydrogens (tertiary/aromatic N) is 6. The van der Waals surface area contributed by atoms with Crippen LogP contribution in [0.4, 0.5) is 5.69 Å². The Morgan fingerprint density at radius 3 is 1.00 bits per heavy atom. The molecule has 6 heterocycles. The highest BCUT2D eigenvalue weighted by Crippen LogP contribution is 2.39. The van der Waals surface area contributed by atoms with Gasteiger partial charge in [-0.25, -0.2) is 19.7 Å². The molecule has 0 aliphatic carbocycles. The first-order chi connectivity index (χ1) is 58.5. The average molecular weight is 1700 g/mol. The summed E-state index contributed by atoms with van der Waals surface area (Å²) in [6, 6.07) is 61.3. The van der Waals surface area contributed by atoms with Gasteiger partial charge in [-0.15, -0.1) is 0 Å². The summed E-state index contributed by atoms with van der Waals surface area (Å²) in [6.45, 7) is 5.30. The molecule has 0 radical (unpaired) electrons. The number of H-pyrrole nitrogens is 3. The normalized spacial score (nSPS) is 11.6. The fraction of sp³-hybridized carbons (Fsp3) is 0.188. The zero-order chi connectivity index (χ0) is 86.0. The molecule has 6 aromatic heterocycles. The van der Waals surface area contributed by atoms with Crippen molar-refractivity contribution in [1.29, 1.82) is 0 Å². The SMILES string of the molecule is C.CCC(=O)c1ccc(Cl)cc1-c1cc(=O)n(C(Cc2ccccc2)C(=O)Cc2ccc3nc[nH]c3c2)cc1OC.CCC(=O)c1ccc(Cl)cc1-c1cc(=O)n(C(Cc2ccccc2)C(=O)Cc2ccc3nc[nH]c3c2)cc1OC.CCC(=O)c1ccc(Cl)cc1-c1cc(=O)n(C(Cc2ccccc2)C(=O)O)cc1OC.Nc1ccc2nc[nH]c2c1. The number of carbonyl (C=O) groups is 6. The van der Waals surface area contributed by atoms with Crippen LogP contribution in [0.5, 0.6) is 17.2 Å². The molecule has 15 rings (SSSR count). The summed E-state index contributed by atoms with van der Waals surface area (Å²) in [4.78, 5) is 139. The number of carbonyl (C=O) groups excluding carboxylic acids is 5. The number of fused-ring (bicyclic) bond motifs is 3. The van der Waals surface area contributed by atoms with Gasteiger partial charge in [0.25, 0.3) is 16.7 Å². The number of benzene rings is 9. The fourth-order valence-electron chi connectivity index (χ4n) is 14.3. The van der Waals surface area contributed by atoms with E-state index >= 15 is 0 Å². The van der Waals surface area contributed by atoms with Gasteiger partial charge < -0.3 is 49.1 Å². The number of Topliss-reactive ketones (excluding diaryl/α,β-unsaturated/α-hetero) is 5. The lowest BCUT2D eigenvalue weighted by Crippen LogP contribution is -2.32. The lowest BCUT2D eigenvalue weighted by atomic mass is 9.95. The van der Waals surface area contributed by atoms with Crippen LogP contribution >= 0.6 is 34.8 Å². The van der Waals surface area contributed by atoms with Crippen molar-refractivity contribution in [3.8, 4) is 50.6 Å². The lowest BCUT2D eigenvalue weighted by molar-refractivity contribution is -0.141. The fourth-order valence-corrected chi connectivity index (χ4v) is 14.8. The zero-order valence-electron chi connectivity index (χ0n) is 66.9. The lowest BCUT2D eigenvalue weighted by Gasteiger charge is -2.22. The van der Waals surface area contributed by atoms with Gasteiger partial charge in [-0.05, 0) is 142 Å². The number of carboxylic acid groups (broad SMARTS) is 1. The highest BCUT2D eigenvalue weighted by Gasteiger charge is 2.30. The van der Waals surface area contributed by atoms with E-state index in [1.807, 2.05) is 133 Å². The van der Waals surface area contributed by atoms with E-state index < -0.39 is 29.7 Å². The number of aromatic amines is 3. The van der Waals surface area contributed by atoms with Gasteiger partial charge in [-0.3, -0.25) is 42.9 Å². The third-order valence-corrected chi connectivity index (χ3v) is 21.2. The van der Waals surface area contributed by atoms with E-state index in [4.69, 9.17) is 54.7 Å². The number of hydrogen-bond donors (Lipinski definition) is 5. The molecule has 0 aliphatic rings. The Balaban J connectivity index is 0.000000169. The number of carboxylic acids is 1. The maximum absolute atomic E-state index is 13.8. The minimum absolute atomic E-state index is 0. The van der Waals surface area contributed by atoms with Crippen LogP contribution in [0.15, 0.2) is 270 Å². The molecular weight excluding hydrogens is 1610 g/mol. The molecule has 3 unspecified atom stereocenters. The topological polar surface area (TPSA) is 328 Å². The molecular formula is C96H89Cl3N10O13. The van der Waals surface area contributed by atoms with Crippen LogP contribution in [-0.4, -0.2) is 105 Å². The number of nitrogens with two attached hydrogens (primary N) is 1. The van der Waals surface area contributed by atoms with Crippen molar-refractivity contribution in [2.24, 2.45) is 0 Å². The highest BCUT2D eigenvalue weighted by atomic mass is 35.5. The first-order valence-electron chi connectivity index (χ1n) is 38.8. The van der Waals surface area contributed by atoms with E-state index in [2.05, 4.69) is 29.9 Å². The van der Waals surface area contributed by atoms with Gasteiger partial charge in [0, 0.05) is 124 Å². The van der Waals surface area contributed by atoms with Gasteiger partial charge in [0.2, 0.25) is 0 Å². The summed E-state index contributed by atoms with van der Waals surface area (Å²) in [5.74, 6) is -0.655. The molecule has 122 heavy (non-hydrogen) atoms. The average Bonchev–Trinajstić information content (AvgIpc) is 0.933. The Kier molecular flexibility index (Phi) is 30.0. The first-order valence-corrected chi connectivity index (χ1v) is 39.9. The number of methoxy groups -OCH3 is 3. The predicted octanol–water partition coefficient (Wildman–Crippen LogP) is 18.9. The molecule has 15 aromatic rings. The molecule has 9 aromatic carbocycles. The summed E-state index contributed by atoms with van der Waals surface area (Å²) in [5, 5.41) is 11.1. The zero-order valence-corrected chi connectivity index (χ0v) is 69.1. The number of nitrogens with one attached hydrogen (secondary N) is 3. The number of imidazole rings is 3. The molecule has 0 amide bonds. The quantitative estimate of drug-likeness (QED) is 0.0225. The summed E-state index contributed by atoms with van der Waals surface area (Å²) < 4.78 is 20.9. The van der Waals surface area contributed by atoms with Gasteiger partial charge in [-0.1, -0.05) is 166 Å². The molecule has 622 valence electrons. The number of anilines is 1. The van der Waals surface area contributed by atoms with Gasteiger partial charge >= 0.3 is 5.97 Å². The maximum atomic E-state index is 13.8. The standard InChI is InChI=1S/2C32H28ClN3O4.C24H22ClNO5.C7H7N3.CH4/c2*1-3-29(37)23-11-10-22(33)16-24(23)25-17-32(39)36(18-31(25)40-2)28(14-20-7-5-4-6-8-20)30(38)15-21-9-12-26-27(13-21)35-19-34-26;1-3-21(27)17-10-9-16(25)12-18(17)19-13-23(28)26(14-22(19)31-2)20(24(29)30)11-15-7-5-4-6-8-15;8-5-1-2-6-7(3-5)10-4-9-6;/h2*4-13,16-19,28H,3,14-15H2,1-2H3,(H,34,35);4-10,12-14,20H,3,11H2,1-2H3,(H,29,30);1-4H,8H2,(H,9,10);1H4. The van der Waals surface area contributed by atoms with E-state index in [1.165, 1.54) is 54.9 Å². The third kappa shape index (κ3) is 21.4. The van der Waals surface area contributed by atoms with Crippen LogP contribution in [0, 0.1) is 0 Å². The van der Waals surface area contributed by atoms with Crippen LogP contribution in [0.1, 0.15) is 124 Å². The van der Waals surface area contributed by atoms with Crippen LogP contribution in [0.3, 0.4) is 0 Å². The number of aliphatic carboxylic acids is 1. The Morgan fingerprint density at radius 1 is 0.385 bits per heavy atom. The molecule has 3 atom stereocenters. The van der Waals surface area contributed by atoms with Crippen molar-refractivity contribution in [1.82, 2.24) is 43.6 Å². The van der Waals surface area contributed by atoms with Crippen LogP contribution in [0.2, 0.25) is 15.1 Å². The van der Waals surface area contributed by atoms with E-state index in [-0.39, 0.29) is 78.9 Å². The van der Waals surface area contributed by atoms with Crippen molar-refractivity contribution < 1.29 is 48.1 Å². The molecule has 0 saturated carbocycles. The second-order valence-corrected chi connectivity index (χ2v) is 29.6. The predicted molar refractivity (Wildman–Crippen MR) is 479 cm³/mol. The number of rotatable bonds is 28. The third-order valence-electron chi connectivity index (χ3n) is 20.5.